The van der Waals surface area contributed by atoms with Crippen LogP contribution in [0.1, 0.15) is 45.0 Å². The van der Waals surface area contributed by atoms with E-state index < -0.39 is 0 Å². The Morgan fingerprint density at radius 3 is 3.09 bits per heavy atom. The number of thiophene rings is 1. The summed E-state index contributed by atoms with van der Waals surface area (Å²) in [7, 11) is 1.62. The lowest BCUT2D eigenvalue weighted by molar-refractivity contribution is 0.0945. The van der Waals surface area contributed by atoms with Crippen LogP contribution in [0.4, 0.5) is 0 Å². The first kappa shape index (κ1) is 15.2. The van der Waals surface area contributed by atoms with Crippen molar-refractivity contribution in [3.05, 3.63) is 51.0 Å². The molecule has 0 atom stereocenters. The third-order valence-electron chi connectivity index (χ3n) is 3.92. The molecule has 3 rings (SSSR count). The number of carbonyl (C=O) groups is 1. The van der Waals surface area contributed by atoms with Gasteiger partial charge < -0.3 is 10.1 Å². The average Bonchev–Trinajstić information content (AvgIpc) is 2.96. The van der Waals surface area contributed by atoms with Crippen molar-refractivity contribution in [3.8, 4) is 0 Å². The molecular weight excluding hydrogens is 296 g/mol. The molecule has 5 heteroatoms. The first-order chi connectivity index (χ1) is 10.8. The zero-order valence-corrected chi connectivity index (χ0v) is 13.5. The summed E-state index contributed by atoms with van der Waals surface area (Å²) in [6.07, 6.45) is 4.88. The molecule has 2 aromatic rings. The normalized spacial score (nSPS) is 13.7. The van der Waals surface area contributed by atoms with Gasteiger partial charge in [-0.3, -0.25) is 4.79 Å². The van der Waals surface area contributed by atoms with E-state index in [2.05, 4.69) is 15.7 Å². The van der Waals surface area contributed by atoms with Gasteiger partial charge in [0.2, 0.25) is 0 Å². The number of nitrogens with zero attached hydrogens (tertiary/aromatic N) is 1. The number of carbonyl (C=O) groups excluding carboxylic acids is 1. The van der Waals surface area contributed by atoms with Crippen molar-refractivity contribution in [2.75, 3.05) is 7.11 Å². The number of hydrogen-bond donors (Lipinski definition) is 1. The van der Waals surface area contributed by atoms with Crippen LogP contribution < -0.4 is 5.32 Å². The van der Waals surface area contributed by atoms with Gasteiger partial charge in [0.25, 0.3) is 5.91 Å². The zero-order chi connectivity index (χ0) is 15.4. The maximum atomic E-state index is 12.3. The van der Waals surface area contributed by atoms with Crippen molar-refractivity contribution in [1.82, 2.24) is 10.3 Å². The van der Waals surface area contributed by atoms with Crippen LogP contribution in [-0.2, 0) is 30.7 Å². The molecular formula is C17H20N2O2S. The number of fused-ring (bicyclic) bond motifs is 1. The van der Waals surface area contributed by atoms with E-state index in [1.807, 2.05) is 23.5 Å². The number of pyridine rings is 1. The first-order valence-electron chi connectivity index (χ1n) is 7.59. The van der Waals surface area contributed by atoms with Gasteiger partial charge >= 0.3 is 0 Å². The van der Waals surface area contributed by atoms with Crippen LogP contribution >= 0.6 is 11.3 Å². The highest BCUT2D eigenvalue weighted by molar-refractivity contribution is 7.10. The predicted octanol–water partition coefficient (Wildman–Crippen LogP) is 3.10. The molecule has 0 aromatic carbocycles. The Kier molecular flexibility index (Phi) is 4.85. The molecule has 4 nitrogen and oxygen atoms in total. The standard InChI is InChI=1S/C17H20N2O2S/c1-21-10-13-5-4-7-15(19-13)17(20)18-9-12-11-22-16-8-3-2-6-14(12)16/h4-5,7,11H,2-3,6,8-10H2,1H3,(H,18,20). The van der Waals surface area contributed by atoms with E-state index in [1.165, 1.54) is 35.3 Å². The van der Waals surface area contributed by atoms with Crippen molar-refractivity contribution in [3.63, 3.8) is 0 Å². The fraction of sp³-hybridized carbons (Fsp3) is 0.412. The average molecular weight is 316 g/mol. The summed E-state index contributed by atoms with van der Waals surface area (Å²) in [5.74, 6) is -0.131. The predicted molar refractivity (Wildman–Crippen MR) is 87.1 cm³/mol. The van der Waals surface area contributed by atoms with Crippen LogP contribution in [0.3, 0.4) is 0 Å². The minimum absolute atomic E-state index is 0.131. The first-order valence-corrected chi connectivity index (χ1v) is 8.47. The quantitative estimate of drug-likeness (QED) is 0.922. The number of nitrogens with one attached hydrogen (secondary N) is 1. The second kappa shape index (κ2) is 7.03. The molecule has 0 saturated heterocycles. The van der Waals surface area contributed by atoms with Gasteiger partial charge in [0.05, 0.1) is 12.3 Å². The smallest absolute Gasteiger partial charge is 0.270 e. The Bertz CT molecular complexity index is 666. The highest BCUT2D eigenvalue weighted by Gasteiger charge is 2.16. The minimum atomic E-state index is -0.131. The second-order valence-corrected chi connectivity index (χ2v) is 6.46. The fourth-order valence-corrected chi connectivity index (χ4v) is 3.96. The van der Waals surface area contributed by atoms with Gasteiger partial charge in [-0.2, -0.15) is 0 Å². The molecule has 2 heterocycles. The van der Waals surface area contributed by atoms with Crippen LogP contribution in [0, 0.1) is 0 Å². The van der Waals surface area contributed by atoms with Crippen LogP contribution in [0.5, 0.6) is 0 Å². The van der Waals surface area contributed by atoms with E-state index >= 15 is 0 Å². The molecule has 116 valence electrons. The molecule has 0 unspecified atom stereocenters. The van der Waals surface area contributed by atoms with E-state index in [4.69, 9.17) is 4.74 Å². The Labute approximate surface area is 134 Å². The lowest BCUT2D eigenvalue weighted by Crippen LogP contribution is -2.24. The third kappa shape index (κ3) is 3.36. The number of aromatic nitrogens is 1. The van der Waals surface area contributed by atoms with Crippen molar-refractivity contribution >= 4 is 17.2 Å². The van der Waals surface area contributed by atoms with Crippen molar-refractivity contribution in [2.45, 2.75) is 38.8 Å². The number of hydrogen-bond acceptors (Lipinski definition) is 4. The maximum Gasteiger partial charge on any atom is 0.270 e. The molecule has 0 spiro atoms. The van der Waals surface area contributed by atoms with Crippen LogP contribution in [0.15, 0.2) is 23.6 Å². The molecule has 0 radical (unpaired) electrons. The molecule has 0 aliphatic heterocycles. The van der Waals surface area contributed by atoms with Gasteiger partial charge in [-0.1, -0.05) is 6.07 Å². The monoisotopic (exact) mass is 316 g/mol. The SMILES string of the molecule is COCc1cccc(C(=O)NCc2csc3c2CCCC3)n1. The van der Waals surface area contributed by atoms with Gasteiger partial charge in [0.15, 0.2) is 0 Å². The Balaban J connectivity index is 1.65. The topological polar surface area (TPSA) is 51.2 Å². The number of rotatable bonds is 5. The molecule has 1 N–H and O–H groups in total. The number of ether oxygens (including phenoxy) is 1. The van der Waals surface area contributed by atoms with Gasteiger partial charge in [-0.15, -0.1) is 11.3 Å². The Morgan fingerprint density at radius 2 is 2.23 bits per heavy atom. The van der Waals surface area contributed by atoms with E-state index in [0.29, 0.717) is 18.8 Å². The summed E-state index contributed by atoms with van der Waals surface area (Å²) < 4.78 is 5.05. The summed E-state index contributed by atoms with van der Waals surface area (Å²) in [6, 6.07) is 5.43. The molecule has 0 bridgehead atoms. The van der Waals surface area contributed by atoms with Gasteiger partial charge in [0, 0.05) is 18.5 Å². The molecule has 1 aliphatic carbocycles. The van der Waals surface area contributed by atoms with E-state index in [1.54, 1.807) is 13.2 Å². The third-order valence-corrected chi connectivity index (χ3v) is 5.06. The molecule has 1 aliphatic rings. The van der Waals surface area contributed by atoms with Gasteiger partial charge in [-0.05, 0) is 54.3 Å². The molecule has 2 aromatic heterocycles. The summed E-state index contributed by atoms with van der Waals surface area (Å²) in [4.78, 5) is 18.1. The molecule has 1 amide bonds. The lowest BCUT2D eigenvalue weighted by atomic mass is 9.96. The van der Waals surface area contributed by atoms with E-state index in [0.717, 1.165) is 12.1 Å². The number of aryl methyl sites for hydroxylation is 1. The van der Waals surface area contributed by atoms with Crippen molar-refractivity contribution in [1.29, 1.82) is 0 Å². The summed E-state index contributed by atoms with van der Waals surface area (Å²) in [5, 5.41) is 5.17. The molecule has 22 heavy (non-hydrogen) atoms. The Morgan fingerprint density at radius 1 is 1.36 bits per heavy atom. The van der Waals surface area contributed by atoms with Crippen LogP contribution in [0.2, 0.25) is 0 Å². The van der Waals surface area contributed by atoms with E-state index in [-0.39, 0.29) is 5.91 Å². The van der Waals surface area contributed by atoms with E-state index in [9.17, 15) is 4.79 Å². The van der Waals surface area contributed by atoms with Crippen molar-refractivity contribution < 1.29 is 9.53 Å². The van der Waals surface area contributed by atoms with Gasteiger partial charge in [-0.25, -0.2) is 4.98 Å². The number of methoxy groups -OCH3 is 1. The largest absolute Gasteiger partial charge is 0.378 e. The summed E-state index contributed by atoms with van der Waals surface area (Å²) in [6.45, 7) is 1.00. The zero-order valence-electron chi connectivity index (χ0n) is 12.7. The summed E-state index contributed by atoms with van der Waals surface area (Å²) >= 11 is 1.83. The van der Waals surface area contributed by atoms with Crippen LogP contribution in [0.25, 0.3) is 0 Å². The molecule has 0 saturated carbocycles. The maximum absolute atomic E-state index is 12.3. The second-order valence-electron chi connectivity index (χ2n) is 5.50. The lowest BCUT2D eigenvalue weighted by Gasteiger charge is -2.13. The fourth-order valence-electron chi connectivity index (χ4n) is 2.81. The summed E-state index contributed by atoms with van der Waals surface area (Å²) in [5.41, 5.74) is 3.93. The Hall–Kier alpha value is -1.72. The molecule has 0 fully saturated rings. The van der Waals surface area contributed by atoms with Crippen molar-refractivity contribution in [2.24, 2.45) is 0 Å². The highest BCUT2D eigenvalue weighted by atomic mass is 32.1. The number of amides is 1. The van der Waals surface area contributed by atoms with Crippen LogP contribution in [-0.4, -0.2) is 18.0 Å². The minimum Gasteiger partial charge on any atom is -0.378 e. The highest BCUT2D eigenvalue weighted by Crippen LogP contribution is 2.30. The van der Waals surface area contributed by atoms with Gasteiger partial charge in [0.1, 0.15) is 5.69 Å².